The molecule has 2 aromatic carbocycles. The molecule has 1 aliphatic heterocycles. The number of nitrogens with zero attached hydrogens (tertiary/aromatic N) is 5. The van der Waals surface area contributed by atoms with Crippen LogP contribution in [0.5, 0.6) is 0 Å². The van der Waals surface area contributed by atoms with Gasteiger partial charge in [-0.15, -0.1) is 0 Å². The average molecular weight is 737 g/mol. The summed E-state index contributed by atoms with van der Waals surface area (Å²) in [6.07, 6.45) is 0.752. The summed E-state index contributed by atoms with van der Waals surface area (Å²) in [5.74, 6) is -0.691. The van der Waals surface area contributed by atoms with Crippen LogP contribution in [0.3, 0.4) is 0 Å². The van der Waals surface area contributed by atoms with E-state index in [0.717, 1.165) is 17.0 Å². The summed E-state index contributed by atoms with van der Waals surface area (Å²) in [5.41, 5.74) is 2.84. The molecule has 1 saturated heterocycles. The zero-order valence-corrected chi connectivity index (χ0v) is 31.4. The van der Waals surface area contributed by atoms with Crippen LogP contribution in [-0.4, -0.2) is 107 Å². The molecular weight excluding hydrogens is 685 g/mol. The molecule has 3 aromatic rings. The molecule has 0 aliphatic carbocycles. The second-order valence-corrected chi connectivity index (χ2v) is 15.6. The van der Waals surface area contributed by atoms with Crippen LogP contribution in [0.4, 0.5) is 4.79 Å². The molecule has 2 heterocycles. The maximum atomic E-state index is 14.3. The van der Waals surface area contributed by atoms with E-state index in [1.165, 1.54) is 34.8 Å². The summed E-state index contributed by atoms with van der Waals surface area (Å²) in [4.78, 5) is 36.0. The number of carbonyl (C=O) groups is 2. The number of rotatable bonds is 19. The molecule has 0 unspecified atom stereocenters. The molecule has 4 atom stereocenters. The molecule has 282 valence electrons. The summed E-state index contributed by atoms with van der Waals surface area (Å²) < 4.78 is 34.3. The minimum Gasteiger partial charge on any atom is -0.411 e. The molecule has 1 aliphatic rings. The van der Waals surface area contributed by atoms with E-state index in [1.54, 1.807) is 16.9 Å². The maximum absolute atomic E-state index is 14.3. The van der Waals surface area contributed by atoms with Crippen LogP contribution in [0, 0.1) is 11.8 Å². The van der Waals surface area contributed by atoms with E-state index in [4.69, 9.17) is 9.94 Å². The highest BCUT2D eigenvalue weighted by molar-refractivity contribution is 7.89. The summed E-state index contributed by atoms with van der Waals surface area (Å²) >= 11 is 0. The summed E-state index contributed by atoms with van der Waals surface area (Å²) in [7, 11) is -2.47. The van der Waals surface area contributed by atoms with Gasteiger partial charge in [-0.25, -0.2) is 13.2 Å². The third kappa shape index (κ3) is 10.6. The first-order valence-electron chi connectivity index (χ1n) is 17.7. The zero-order valence-electron chi connectivity index (χ0n) is 30.6. The molecule has 4 rings (SSSR count). The van der Waals surface area contributed by atoms with Gasteiger partial charge in [-0.2, -0.15) is 4.31 Å². The number of carbonyl (C=O) groups excluding carboxylic acids is 2. The Bertz CT molecular complexity index is 1740. The number of urea groups is 1. The van der Waals surface area contributed by atoms with Gasteiger partial charge in [-0.05, 0) is 53.6 Å². The van der Waals surface area contributed by atoms with Gasteiger partial charge in [0.1, 0.15) is 6.04 Å². The summed E-state index contributed by atoms with van der Waals surface area (Å²) in [6, 6.07) is 18.9. The first kappa shape index (κ1) is 40.4. The van der Waals surface area contributed by atoms with E-state index in [2.05, 4.69) is 15.5 Å². The van der Waals surface area contributed by atoms with Crippen LogP contribution in [0.25, 0.3) is 0 Å². The fourth-order valence-electron chi connectivity index (χ4n) is 6.35. The summed E-state index contributed by atoms with van der Waals surface area (Å²) in [6.45, 7) is 8.91. The van der Waals surface area contributed by atoms with E-state index >= 15 is 0 Å². The van der Waals surface area contributed by atoms with Gasteiger partial charge in [0.2, 0.25) is 15.9 Å². The van der Waals surface area contributed by atoms with Gasteiger partial charge in [0.15, 0.2) is 0 Å². The number of amides is 3. The van der Waals surface area contributed by atoms with Gasteiger partial charge in [0.25, 0.3) is 0 Å². The van der Waals surface area contributed by atoms with Crippen LogP contribution in [0.15, 0.2) is 82.8 Å². The lowest BCUT2D eigenvalue weighted by atomic mass is 9.95. The topological polar surface area (TPSA) is 165 Å². The highest BCUT2D eigenvalue weighted by Crippen LogP contribution is 2.24. The predicted molar refractivity (Wildman–Crippen MR) is 198 cm³/mol. The van der Waals surface area contributed by atoms with Crippen LogP contribution in [-0.2, 0) is 39.1 Å². The van der Waals surface area contributed by atoms with Gasteiger partial charge in [0, 0.05) is 33.3 Å². The van der Waals surface area contributed by atoms with Crippen molar-refractivity contribution in [3.05, 3.63) is 95.3 Å². The van der Waals surface area contributed by atoms with Crippen LogP contribution in [0.2, 0.25) is 0 Å². The lowest BCUT2D eigenvalue weighted by Crippen LogP contribution is -2.57. The lowest BCUT2D eigenvalue weighted by molar-refractivity contribution is -0.128. The molecule has 0 radical (unpaired) electrons. The number of aromatic nitrogens is 1. The van der Waals surface area contributed by atoms with E-state index in [1.807, 2.05) is 76.2 Å². The maximum Gasteiger partial charge on any atom is 0.321 e. The first-order valence-corrected chi connectivity index (χ1v) is 19.1. The Morgan fingerprint density at radius 2 is 1.71 bits per heavy atom. The van der Waals surface area contributed by atoms with Crippen molar-refractivity contribution < 1.29 is 33.1 Å². The standard InChI is InChI=1S/C38H52N6O7S/c1-6-28(4)36(44-20-19-42(38(44)47)24-31-13-10-14-32(40-31)26-51-5)37(46)41-34(21-29-11-8-7-9-12-29)35(45)25-43(23-27(2)3)52(49,50)33-17-15-30(16-18-33)22-39-48/h7-18,22,27-28,34-36,45,48H,6,19-21,23-26H2,1-5H3,(H,41,46)/t28-,34-,35-,36-/m0/s1. The second kappa shape index (κ2) is 18.9. The molecule has 0 saturated carbocycles. The minimum absolute atomic E-state index is 0.0219. The number of ether oxygens (including phenoxy) is 1. The monoisotopic (exact) mass is 736 g/mol. The third-order valence-electron chi connectivity index (χ3n) is 9.20. The Morgan fingerprint density at radius 3 is 2.35 bits per heavy atom. The number of oxime groups is 1. The zero-order chi connectivity index (χ0) is 37.8. The molecule has 14 heteroatoms. The minimum atomic E-state index is -4.07. The van der Waals surface area contributed by atoms with Gasteiger partial charge in [-0.3, -0.25) is 9.78 Å². The molecule has 0 spiro atoms. The number of hydrogen-bond donors (Lipinski definition) is 3. The van der Waals surface area contributed by atoms with Crippen molar-refractivity contribution in [3.63, 3.8) is 0 Å². The fourth-order valence-corrected chi connectivity index (χ4v) is 7.97. The van der Waals surface area contributed by atoms with Crippen molar-refractivity contribution >= 4 is 28.2 Å². The van der Waals surface area contributed by atoms with E-state index in [9.17, 15) is 23.1 Å². The first-order chi connectivity index (χ1) is 24.9. The smallest absolute Gasteiger partial charge is 0.321 e. The van der Waals surface area contributed by atoms with Crippen molar-refractivity contribution in [1.29, 1.82) is 0 Å². The predicted octanol–water partition coefficient (Wildman–Crippen LogP) is 4.12. The van der Waals surface area contributed by atoms with Gasteiger partial charge >= 0.3 is 6.03 Å². The van der Waals surface area contributed by atoms with Crippen molar-refractivity contribution in [2.45, 2.75) is 76.8 Å². The second-order valence-electron chi connectivity index (χ2n) is 13.7. The highest BCUT2D eigenvalue weighted by atomic mass is 32.2. The van der Waals surface area contributed by atoms with E-state index in [-0.39, 0.29) is 48.8 Å². The summed E-state index contributed by atoms with van der Waals surface area (Å²) in [5, 5.41) is 26.7. The average Bonchev–Trinajstić information content (AvgIpc) is 3.47. The number of methoxy groups -OCH3 is 1. The SMILES string of the molecule is CC[C@H](C)[C@@H](C(=O)N[C@@H](Cc1ccccc1)[C@@H](O)CN(CC(C)C)S(=O)(=O)c1ccc(C=NO)cc1)N1CCN(Cc2cccc(COC)n2)C1=O. The van der Waals surface area contributed by atoms with Gasteiger partial charge < -0.3 is 30.2 Å². The molecule has 3 N–H and O–H groups in total. The van der Waals surface area contributed by atoms with Crippen LogP contribution in [0.1, 0.15) is 56.6 Å². The fraction of sp³-hybridized carbons (Fsp3) is 0.474. The lowest BCUT2D eigenvalue weighted by Gasteiger charge is -2.35. The third-order valence-corrected chi connectivity index (χ3v) is 11.0. The molecule has 52 heavy (non-hydrogen) atoms. The van der Waals surface area contributed by atoms with E-state index < -0.39 is 34.1 Å². The number of hydrogen-bond acceptors (Lipinski definition) is 9. The van der Waals surface area contributed by atoms with Crippen molar-refractivity contribution in [2.75, 3.05) is 33.3 Å². The Kier molecular flexibility index (Phi) is 14.7. The Balaban J connectivity index is 1.58. The molecule has 1 aromatic heterocycles. The van der Waals surface area contributed by atoms with Gasteiger partial charge in [0.05, 0.1) is 47.8 Å². The van der Waals surface area contributed by atoms with Crippen molar-refractivity contribution in [1.82, 2.24) is 24.4 Å². The Morgan fingerprint density at radius 1 is 1.02 bits per heavy atom. The molecule has 0 bridgehead atoms. The van der Waals surface area contributed by atoms with Crippen LogP contribution >= 0.6 is 0 Å². The van der Waals surface area contributed by atoms with Crippen molar-refractivity contribution in [3.8, 4) is 0 Å². The molecule has 3 amide bonds. The molecule has 1 fully saturated rings. The number of aliphatic hydroxyl groups is 1. The number of sulfonamides is 1. The number of aliphatic hydroxyl groups excluding tert-OH is 1. The van der Waals surface area contributed by atoms with Crippen LogP contribution < -0.4 is 5.32 Å². The van der Waals surface area contributed by atoms with Crippen molar-refractivity contribution in [2.24, 2.45) is 17.0 Å². The highest BCUT2D eigenvalue weighted by Gasteiger charge is 2.41. The molecule has 13 nitrogen and oxygen atoms in total. The molecular formula is C38H52N6O7S. The van der Waals surface area contributed by atoms with Gasteiger partial charge in [-0.1, -0.05) is 87.8 Å². The largest absolute Gasteiger partial charge is 0.411 e. The number of benzene rings is 2. The Hall–Kier alpha value is -4.37. The Labute approximate surface area is 307 Å². The quantitative estimate of drug-likeness (QED) is 0.0940. The number of pyridine rings is 1. The van der Waals surface area contributed by atoms with E-state index in [0.29, 0.717) is 31.7 Å². The normalized spacial score (nSPS) is 16.1. The number of nitrogens with one attached hydrogen (secondary N) is 1.